The molecule has 112 valence electrons. The quantitative estimate of drug-likeness (QED) is 0.589. The maximum absolute atomic E-state index is 11.9. The molecule has 20 heavy (non-hydrogen) atoms. The minimum atomic E-state index is -0.338. The second-order valence-electron chi connectivity index (χ2n) is 6.58. The lowest BCUT2D eigenvalue weighted by Gasteiger charge is -2.32. The van der Waals surface area contributed by atoms with Crippen LogP contribution in [0.3, 0.4) is 0 Å². The third kappa shape index (κ3) is 2.94. The van der Waals surface area contributed by atoms with E-state index in [1.165, 1.54) is 0 Å². The summed E-state index contributed by atoms with van der Waals surface area (Å²) in [5.74, 6) is -0.293. The van der Waals surface area contributed by atoms with E-state index in [1.54, 1.807) is 0 Å². The number of allylic oxidation sites excluding steroid dienone is 1. The van der Waals surface area contributed by atoms with Gasteiger partial charge in [0.15, 0.2) is 0 Å². The topological polar surface area (TPSA) is 44.8 Å². The van der Waals surface area contributed by atoms with Crippen molar-refractivity contribution in [3.05, 3.63) is 11.5 Å². The SMILES string of the molecule is CCOC(=O)C1C=C(B2OC(C)(C)C(C)(C)O2)CCC1. The van der Waals surface area contributed by atoms with Crippen LogP contribution < -0.4 is 0 Å². The first-order valence-corrected chi connectivity index (χ1v) is 7.49. The van der Waals surface area contributed by atoms with Gasteiger partial charge in [0.25, 0.3) is 0 Å². The highest BCUT2D eigenvalue weighted by atomic mass is 16.7. The standard InChI is InChI=1S/C15H25BO4/c1-6-18-13(17)11-8-7-9-12(10-11)16-19-14(2,3)15(4,5)20-16/h10-11H,6-9H2,1-5H3. The van der Waals surface area contributed by atoms with Crippen molar-refractivity contribution in [3.8, 4) is 0 Å². The molecular weight excluding hydrogens is 255 g/mol. The van der Waals surface area contributed by atoms with E-state index in [-0.39, 0.29) is 30.2 Å². The molecule has 1 fully saturated rings. The second kappa shape index (κ2) is 5.53. The van der Waals surface area contributed by atoms with E-state index in [0.717, 1.165) is 24.7 Å². The van der Waals surface area contributed by atoms with Crippen molar-refractivity contribution < 1.29 is 18.8 Å². The fourth-order valence-electron chi connectivity index (χ4n) is 2.58. The molecule has 0 N–H and O–H groups in total. The summed E-state index contributed by atoms with van der Waals surface area (Å²) in [7, 11) is -0.336. The van der Waals surface area contributed by atoms with Crippen molar-refractivity contribution in [1.29, 1.82) is 0 Å². The zero-order valence-corrected chi connectivity index (χ0v) is 13.2. The molecule has 1 atom stereocenters. The van der Waals surface area contributed by atoms with Gasteiger partial charge in [-0.1, -0.05) is 6.08 Å². The molecule has 1 aliphatic heterocycles. The Morgan fingerprint density at radius 3 is 2.50 bits per heavy atom. The Labute approximate surface area is 122 Å². The molecule has 1 saturated heterocycles. The first-order chi connectivity index (χ1) is 9.27. The Balaban J connectivity index is 2.11. The third-order valence-electron chi connectivity index (χ3n) is 4.54. The maximum Gasteiger partial charge on any atom is 0.490 e. The molecule has 1 aliphatic carbocycles. The number of hydrogen-bond donors (Lipinski definition) is 0. The Kier molecular flexibility index (Phi) is 4.31. The van der Waals surface area contributed by atoms with E-state index >= 15 is 0 Å². The zero-order chi connectivity index (χ0) is 15.0. The van der Waals surface area contributed by atoms with Gasteiger partial charge in [0, 0.05) is 0 Å². The van der Waals surface area contributed by atoms with E-state index in [4.69, 9.17) is 14.0 Å². The number of esters is 1. The summed E-state index contributed by atoms with van der Waals surface area (Å²) in [6.07, 6.45) is 4.73. The van der Waals surface area contributed by atoms with E-state index in [0.29, 0.717) is 6.61 Å². The van der Waals surface area contributed by atoms with E-state index in [9.17, 15) is 4.79 Å². The molecule has 0 radical (unpaired) electrons. The van der Waals surface area contributed by atoms with Crippen LogP contribution in [-0.2, 0) is 18.8 Å². The molecule has 0 aromatic heterocycles. The lowest BCUT2D eigenvalue weighted by atomic mass is 9.70. The largest absolute Gasteiger partial charge is 0.490 e. The normalized spacial score (nSPS) is 28.1. The van der Waals surface area contributed by atoms with Gasteiger partial charge >= 0.3 is 13.1 Å². The van der Waals surface area contributed by atoms with Crippen molar-refractivity contribution in [1.82, 2.24) is 0 Å². The molecule has 0 amide bonds. The molecule has 0 spiro atoms. The Morgan fingerprint density at radius 1 is 1.35 bits per heavy atom. The third-order valence-corrected chi connectivity index (χ3v) is 4.54. The molecule has 4 nitrogen and oxygen atoms in total. The van der Waals surface area contributed by atoms with E-state index < -0.39 is 0 Å². The fourth-order valence-corrected chi connectivity index (χ4v) is 2.58. The van der Waals surface area contributed by atoms with Gasteiger partial charge in [-0.15, -0.1) is 0 Å². The van der Waals surface area contributed by atoms with Gasteiger partial charge in [-0.3, -0.25) is 4.79 Å². The summed E-state index contributed by atoms with van der Waals surface area (Å²) in [5.41, 5.74) is 0.401. The van der Waals surface area contributed by atoms with E-state index in [2.05, 4.69) is 0 Å². The zero-order valence-electron chi connectivity index (χ0n) is 13.2. The van der Waals surface area contributed by atoms with Crippen LogP contribution in [0.1, 0.15) is 53.9 Å². The number of hydrogen-bond acceptors (Lipinski definition) is 4. The molecule has 1 heterocycles. The minimum Gasteiger partial charge on any atom is -0.466 e. The van der Waals surface area contributed by atoms with Crippen molar-refractivity contribution in [2.24, 2.45) is 5.92 Å². The average Bonchev–Trinajstić information content (AvgIpc) is 2.59. The van der Waals surface area contributed by atoms with Crippen LogP contribution in [0.4, 0.5) is 0 Å². The van der Waals surface area contributed by atoms with Crippen molar-refractivity contribution >= 4 is 13.1 Å². The Bertz CT molecular complexity index is 398. The minimum absolute atomic E-state index is 0.138. The molecule has 2 rings (SSSR count). The number of carbonyl (C=O) groups is 1. The van der Waals surface area contributed by atoms with Gasteiger partial charge in [-0.05, 0) is 59.4 Å². The Hall–Kier alpha value is -0.805. The lowest BCUT2D eigenvalue weighted by Crippen LogP contribution is -2.41. The van der Waals surface area contributed by atoms with Gasteiger partial charge in [0.05, 0.1) is 23.7 Å². The number of carbonyl (C=O) groups excluding carboxylic acids is 1. The molecule has 1 unspecified atom stereocenters. The molecule has 0 saturated carbocycles. The van der Waals surface area contributed by atoms with Crippen molar-refractivity contribution in [2.75, 3.05) is 6.61 Å². The number of ether oxygens (including phenoxy) is 1. The summed E-state index contributed by atoms with van der Waals surface area (Å²) < 4.78 is 17.2. The van der Waals surface area contributed by atoms with Gasteiger partial charge in [-0.25, -0.2) is 0 Å². The smallest absolute Gasteiger partial charge is 0.466 e. The predicted octanol–water partition coefficient (Wildman–Crippen LogP) is 2.91. The molecule has 2 aliphatic rings. The van der Waals surface area contributed by atoms with Crippen LogP contribution in [0.2, 0.25) is 0 Å². The lowest BCUT2D eigenvalue weighted by molar-refractivity contribution is -0.146. The molecule has 0 bridgehead atoms. The van der Waals surface area contributed by atoms with Crippen LogP contribution in [-0.4, -0.2) is 30.9 Å². The summed E-state index contributed by atoms with van der Waals surface area (Å²) in [6, 6.07) is 0. The van der Waals surface area contributed by atoms with Crippen molar-refractivity contribution in [2.45, 2.75) is 65.1 Å². The van der Waals surface area contributed by atoms with Crippen LogP contribution >= 0.6 is 0 Å². The monoisotopic (exact) mass is 280 g/mol. The van der Waals surface area contributed by atoms with E-state index in [1.807, 2.05) is 40.7 Å². The highest BCUT2D eigenvalue weighted by molar-refractivity contribution is 6.54. The molecule has 0 aromatic rings. The maximum atomic E-state index is 11.9. The first-order valence-electron chi connectivity index (χ1n) is 7.49. The Morgan fingerprint density at radius 2 is 1.95 bits per heavy atom. The van der Waals surface area contributed by atoms with Gasteiger partial charge in [0.2, 0.25) is 0 Å². The van der Waals surface area contributed by atoms with Gasteiger partial charge in [0.1, 0.15) is 0 Å². The highest BCUT2D eigenvalue weighted by Crippen LogP contribution is 2.40. The molecule has 0 aromatic carbocycles. The predicted molar refractivity (Wildman–Crippen MR) is 78.1 cm³/mol. The van der Waals surface area contributed by atoms with Crippen LogP contribution in [0.15, 0.2) is 11.5 Å². The average molecular weight is 280 g/mol. The van der Waals surface area contributed by atoms with Crippen LogP contribution in [0.5, 0.6) is 0 Å². The summed E-state index contributed by atoms with van der Waals surface area (Å²) in [6.45, 7) is 10.4. The van der Waals surface area contributed by atoms with Gasteiger partial charge in [-0.2, -0.15) is 0 Å². The summed E-state index contributed by atoms with van der Waals surface area (Å²) >= 11 is 0. The molecule has 5 heteroatoms. The number of rotatable bonds is 3. The summed E-state index contributed by atoms with van der Waals surface area (Å²) in [4.78, 5) is 11.9. The van der Waals surface area contributed by atoms with Crippen LogP contribution in [0.25, 0.3) is 0 Å². The van der Waals surface area contributed by atoms with Crippen molar-refractivity contribution in [3.63, 3.8) is 0 Å². The first kappa shape index (κ1) is 15.6. The molecular formula is C15H25BO4. The summed E-state index contributed by atoms with van der Waals surface area (Å²) in [5, 5.41) is 0. The fraction of sp³-hybridized carbons (Fsp3) is 0.800. The van der Waals surface area contributed by atoms with Crippen LogP contribution in [0, 0.1) is 5.92 Å². The second-order valence-corrected chi connectivity index (χ2v) is 6.58. The highest BCUT2D eigenvalue weighted by Gasteiger charge is 2.52. The van der Waals surface area contributed by atoms with Gasteiger partial charge < -0.3 is 14.0 Å².